The zero-order chi connectivity index (χ0) is 7.40. The van der Waals surface area contributed by atoms with Crippen molar-refractivity contribution in [3.8, 4) is 0 Å². The number of hydrogen-bond donors (Lipinski definition) is 2. The molecule has 0 bridgehead atoms. The Balaban J connectivity index is 2.22. The van der Waals surface area contributed by atoms with Crippen LogP contribution in [0, 0.1) is 0 Å². The third-order valence-corrected chi connectivity index (χ3v) is 1.51. The van der Waals surface area contributed by atoms with Crippen LogP contribution in [0.2, 0.25) is 0 Å². The fourth-order valence-electron chi connectivity index (χ4n) is 0.737. The van der Waals surface area contributed by atoms with Crippen molar-refractivity contribution >= 4 is 15.0 Å². The van der Waals surface area contributed by atoms with Crippen LogP contribution in [0.4, 0.5) is 0 Å². The number of rotatable bonds is 3. The van der Waals surface area contributed by atoms with Gasteiger partial charge in [0, 0.05) is 6.54 Å². The maximum absolute atomic E-state index is 8.31. The maximum Gasteiger partial charge on any atom is 0.193 e. The quantitative estimate of drug-likeness (QED) is 0.528. The molecule has 10 heavy (non-hydrogen) atoms. The minimum absolute atomic E-state index is 0.338. The Labute approximate surface area is 60.8 Å². The van der Waals surface area contributed by atoms with Crippen molar-refractivity contribution < 1.29 is 9.42 Å². The Morgan fingerprint density at radius 3 is 3.20 bits per heavy atom. The van der Waals surface area contributed by atoms with Gasteiger partial charge in [-0.3, -0.25) is 4.99 Å². The molecule has 0 saturated heterocycles. The first-order valence-electron chi connectivity index (χ1n) is 2.90. The van der Waals surface area contributed by atoms with E-state index in [2.05, 4.69) is 4.99 Å². The number of aliphatic imine (C=N–C) groups is 1. The lowest BCUT2D eigenvalue weighted by Gasteiger charge is -2.15. The first-order chi connectivity index (χ1) is 4.84. The fourth-order valence-corrected chi connectivity index (χ4v) is 0.951. The van der Waals surface area contributed by atoms with Gasteiger partial charge in [0.15, 0.2) is 15.0 Å². The summed E-state index contributed by atoms with van der Waals surface area (Å²) in [6, 6.07) is 0. The highest BCUT2D eigenvalue weighted by Gasteiger charge is 2.12. The number of hydrogen-bond acceptors (Lipinski definition) is 5. The molecule has 0 radical (unpaired) electrons. The van der Waals surface area contributed by atoms with Crippen LogP contribution in [0.15, 0.2) is 4.99 Å². The SMILES string of the molecule is NC1=NCCN1COPO. The second kappa shape index (κ2) is 3.71. The highest BCUT2D eigenvalue weighted by Crippen LogP contribution is 2.06. The Bertz CT molecular complexity index is 140. The van der Waals surface area contributed by atoms with Gasteiger partial charge in [0.25, 0.3) is 0 Å². The summed E-state index contributed by atoms with van der Waals surface area (Å²) >= 11 is 0. The Morgan fingerprint density at radius 1 is 1.90 bits per heavy atom. The van der Waals surface area contributed by atoms with Crippen LogP contribution in [0.3, 0.4) is 0 Å². The van der Waals surface area contributed by atoms with Gasteiger partial charge < -0.3 is 20.1 Å². The molecule has 0 aromatic rings. The van der Waals surface area contributed by atoms with Crippen molar-refractivity contribution in [2.75, 3.05) is 19.8 Å². The second-order valence-corrected chi connectivity index (χ2v) is 2.34. The van der Waals surface area contributed by atoms with Crippen molar-refractivity contribution in [2.24, 2.45) is 10.7 Å². The average Bonchev–Trinajstić information content (AvgIpc) is 2.31. The summed E-state index contributed by atoms with van der Waals surface area (Å²) in [7, 11) is -0.478. The fraction of sp³-hybridized carbons (Fsp3) is 0.750. The summed E-state index contributed by atoms with van der Waals surface area (Å²) in [6.45, 7) is 1.85. The van der Waals surface area contributed by atoms with Crippen LogP contribution in [0.5, 0.6) is 0 Å². The zero-order valence-electron chi connectivity index (χ0n) is 5.45. The van der Waals surface area contributed by atoms with E-state index in [0.717, 1.165) is 13.1 Å². The molecule has 5 nitrogen and oxygen atoms in total. The molecule has 0 aliphatic carbocycles. The third-order valence-electron chi connectivity index (χ3n) is 1.25. The monoisotopic (exact) mass is 163 g/mol. The van der Waals surface area contributed by atoms with Crippen molar-refractivity contribution in [3.05, 3.63) is 0 Å². The highest BCUT2D eigenvalue weighted by molar-refractivity contribution is 7.24. The summed E-state index contributed by atoms with van der Waals surface area (Å²) < 4.78 is 4.74. The van der Waals surface area contributed by atoms with Gasteiger partial charge in [-0.05, 0) is 0 Å². The van der Waals surface area contributed by atoms with Gasteiger partial charge in [0.1, 0.15) is 6.73 Å². The molecule has 0 fully saturated rings. The standard InChI is InChI=1S/C4H10N3O2P/c5-4-6-1-2-7(4)3-9-10-8/h8,10H,1-3H2,(H2,5,6). The van der Waals surface area contributed by atoms with Crippen molar-refractivity contribution in [3.63, 3.8) is 0 Å². The van der Waals surface area contributed by atoms with E-state index in [1.807, 2.05) is 0 Å². The van der Waals surface area contributed by atoms with E-state index in [0.29, 0.717) is 12.7 Å². The Kier molecular flexibility index (Phi) is 2.86. The number of guanidine groups is 1. The van der Waals surface area contributed by atoms with Gasteiger partial charge in [0.2, 0.25) is 0 Å². The van der Waals surface area contributed by atoms with E-state index >= 15 is 0 Å². The van der Waals surface area contributed by atoms with Crippen molar-refractivity contribution in [1.29, 1.82) is 0 Å². The van der Waals surface area contributed by atoms with E-state index in [4.69, 9.17) is 15.2 Å². The van der Waals surface area contributed by atoms with Crippen LogP contribution in [0.1, 0.15) is 0 Å². The van der Waals surface area contributed by atoms with Crippen LogP contribution in [-0.2, 0) is 4.52 Å². The molecular weight excluding hydrogens is 153 g/mol. The van der Waals surface area contributed by atoms with Gasteiger partial charge in [-0.15, -0.1) is 0 Å². The lowest BCUT2D eigenvalue weighted by Crippen LogP contribution is -2.34. The van der Waals surface area contributed by atoms with Crippen molar-refractivity contribution in [2.45, 2.75) is 0 Å². The third kappa shape index (κ3) is 1.80. The Morgan fingerprint density at radius 2 is 2.70 bits per heavy atom. The van der Waals surface area contributed by atoms with Crippen LogP contribution in [0.25, 0.3) is 0 Å². The molecule has 1 unspecified atom stereocenters. The molecule has 0 amide bonds. The van der Waals surface area contributed by atoms with Gasteiger partial charge >= 0.3 is 0 Å². The first kappa shape index (κ1) is 7.72. The lowest BCUT2D eigenvalue weighted by atomic mass is 10.6. The predicted octanol–water partition coefficient (Wildman–Crippen LogP) is -0.908. The second-order valence-electron chi connectivity index (χ2n) is 1.87. The average molecular weight is 163 g/mol. The molecule has 58 valence electrons. The summed E-state index contributed by atoms with van der Waals surface area (Å²) in [5, 5.41) is 0. The highest BCUT2D eigenvalue weighted by atomic mass is 31.1. The van der Waals surface area contributed by atoms with Gasteiger partial charge in [-0.2, -0.15) is 0 Å². The smallest absolute Gasteiger partial charge is 0.193 e. The topological polar surface area (TPSA) is 71.1 Å². The maximum atomic E-state index is 8.31. The van der Waals surface area contributed by atoms with Crippen molar-refractivity contribution in [1.82, 2.24) is 4.90 Å². The van der Waals surface area contributed by atoms with Crippen LogP contribution in [-0.4, -0.2) is 35.6 Å². The molecule has 0 aromatic carbocycles. The molecule has 0 saturated carbocycles. The minimum Gasteiger partial charge on any atom is -0.370 e. The van der Waals surface area contributed by atoms with E-state index < -0.39 is 9.03 Å². The lowest BCUT2D eigenvalue weighted by molar-refractivity contribution is 0.210. The number of nitrogens with two attached hydrogens (primary N) is 1. The molecule has 6 heteroatoms. The molecule has 0 aromatic heterocycles. The Hall–Kier alpha value is -0.380. The van der Waals surface area contributed by atoms with E-state index in [1.54, 1.807) is 4.90 Å². The molecule has 3 N–H and O–H groups in total. The van der Waals surface area contributed by atoms with Gasteiger partial charge in [0.05, 0.1) is 6.54 Å². The summed E-state index contributed by atoms with van der Waals surface area (Å²) in [5.74, 6) is 0.498. The van der Waals surface area contributed by atoms with E-state index in [-0.39, 0.29) is 0 Å². The van der Waals surface area contributed by atoms with E-state index in [9.17, 15) is 0 Å². The molecule has 1 aliphatic rings. The summed E-state index contributed by atoms with van der Waals surface area (Å²) in [6.07, 6.45) is 0. The molecule has 1 heterocycles. The molecule has 1 rings (SSSR count). The molecular formula is C4H10N3O2P. The summed E-state index contributed by atoms with van der Waals surface area (Å²) in [5.41, 5.74) is 5.44. The molecule has 1 atom stereocenters. The van der Waals surface area contributed by atoms with Crippen LogP contribution < -0.4 is 5.73 Å². The first-order valence-corrected chi connectivity index (χ1v) is 3.76. The molecule has 0 spiro atoms. The van der Waals surface area contributed by atoms with Crippen LogP contribution >= 0.6 is 9.03 Å². The zero-order valence-corrected chi connectivity index (χ0v) is 6.45. The summed E-state index contributed by atoms with van der Waals surface area (Å²) in [4.78, 5) is 14.0. The predicted molar refractivity (Wildman–Crippen MR) is 39.7 cm³/mol. The largest absolute Gasteiger partial charge is 0.370 e. The van der Waals surface area contributed by atoms with Gasteiger partial charge in [-0.1, -0.05) is 0 Å². The normalized spacial score (nSPS) is 18.9. The molecule has 1 aliphatic heterocycles. The van der Waals surface area contributed by atoms with Gasteiger partial charge in [-0.25, -0.2) is 0 Å². The van der Waals surface area contributed by atoms with E-state index in [1.165, 1.54) is 0 Å². The minimum atomic E-state index is -0.478. The number of nitrogens with zero attached hydrogens (tertiary/aromatic N) is 2.